The Morgan fingerprint density at radius 1 is 1.24 bits per heavy atom. The zero-order valence-electron chi connectivity index (χ0n) is 9.06. The highest BCUT2D eigenvalue weighted by Gasteiger charge is 2.19. The summed E-state index contributed by atoms with van der Waals surface area (Å²) in [5.41, 5.74) is 0.618. The van der Waals surface area contributed by atoms with Crippen LogP contribution in [0.15, 0.2) is 46.0 Å². The fraction of sp³-hybridized carbons (Fsp3) is 0.250. The molecule has 2 rings (SSSR count). The lowest BCUT2D eigenvalue weighted by atomic mass is 10.0. The van der Waals surface area contributed by atoms with E-state index < -0.39 is 0 Å². The lowest BCUT2D eigenvalue weighted by Crippen LogP contribution is -2.09. The van der Waals surface area contributed by atoms with E-state index in [4.69, 9.17) is 11.6 Å². The van der Waals surface area contributed by atoms with Gasteiger partial charge in [0.15, 0.2) is 11.5 Å². The third kappa shape index (κ3) is 2.91. The molecule has 0 fully saturated rings. The Bertz CT molecular complexity index is 509. The molecule has 1 aromatic rings. The maximum atomic E-state index is 11.5. The van der Waals surface area contributed by atoms with Crippen molar-refractivity contribution in [2.75, 3.05) is 0 Å². The van der Waals surface area contributed by atoms with Crippen LogP contribution in [0.3, 0.4) is 0 Å². The highest BCUT2D eigenvalue weighted by molar-refractivity contribution is 6.30. The zero-order valence-corrected chi connectivity index (χ0v) is 9.81. The summed E-state index contributed by atoms with van der Waals surface area (Å²) in [5.74, 6) is -0.147. The van der Waals surface area contributed by atoms with E-state index in [1.807, 2.05) is 0 Å². The molecule has 0 spiro atoms. The molecule has 0 bridgehead atoms. The van der Waals surface area contributed by atoms with Crippen LogP contribution in [-0.4, -0.2) is 10.9 Å². The van der Waals surface area contributed by atoms with Gasteiger partial charge in [0.25, 0.3) is 0 Å². The molecule has 0 aromatic heterocycles. The van der Waals surface area contributed by atoms with E-state index in [1.165, 1.54) is 0 Å². The van der Waals surface area contributed by atoms with Crippen molar-refractivity contribution in [3.63, 3.8) is 0 Å². The number of aliphatic hydroxyl groups excluding tert-OH is 1. The molecule has 0 atom stereocenters. The third-order valence-electron chi connectivity index (χ3n) is 2.43. The summed E-state index contributed by atoms with van der Waals surface area (Å²) in [4.78, 5) is 11.5. The lowest BCUT2D eigenvalue weighted by molar-refractivity contribution is -0.116. The molecule has 88 valence electrons. The Balaban J connectivity index is 2.23. The van der Waals surface area contributed by atoms with Gasteiger partial charge in [-0.2, -0.15) is 5.11 Å². The van der Waals surface area contributed by atoms with Crippen molar-refractivity contribution < 1.29 is 9.90 Å². The minimum atomic E-state index is -0.167. The van der Waals surface area contributed by atoms with Gasteiger partial charge in [0.05, 0.1) is 5.69 Å². The van der Waals surface area contributed by atoms with Crippen molar-refractivity contribution >= 4 is 23.1 Å². The summed E-state index contributed by atoms with van der Waals surface area (Å²) in [5, 5.41) is 17.8. The van der Waals surface area contributed by atoms with Gasteiger partial charge in [-0.3, -0.25) is 4.79 Å². The predicted octanol–water partition coefficient (Wildman–Crippen LogP) is 3.95. The number of carbonyl (C=O) groups excluding carboxylic acids is 1. The second-order valence-electron chi connectivity index (χ2n) is 3.75. The number of Topliss-reactive ketones (excluding diaryl/α,β-unsaturated/α-hetero) is 1. The molecule has 0 heterocycles. The monoisotopic (exact) mass is 250 g/mol. The molecule has 0 aliphatic heterocycles. The smallest absolute Gasteiger partial charge is 0.186 e. The van der Waals surface area contributed by atoms with Crippen LogP contribution in [0.5, 0.6) is 0 Å². The first-order valence-electron chi connectivity index (χ1n) is 5.29. The highest BCUT2D eigenvalue weighted by Crippen LogP contribution is 2.24. The maximum Gasteiger partial charge on any atom is 0.186 e. The second kappa shape index (κ2) is 5.10. The van der Waals surface area contributed by atoms with Crippen molar-refractivity contribution in [1.29, 1.82) is 0 Å². The van der Waals surface area contributed by atoms with Gasteiger partial charge in [-0.1, -0.05) is 17.7 Å². The van der Waals surface area contributed by atoms with Crippen LogP contribution in [0.4, 0.5) is 5.69 Å². The minimum absolute atomic E-state index is 0.0204. The van der Waals surface area contributed by atoms with Gasteiger partial charge in [-0.15, -0.1) is 5.11 Å². The topological polar surface area (TPSA) is 62.0 Å². The van der Waals surface area contributed by atoms with E-state index in [9.17, 15) is 9.90 Å². The molecule has 1 aliphatic rings. The normalized spacial score (nSPS) is 16.9. The van der Waals surface area contributed by atoms with Gasteiger partial charge in [-0.25, -0.2) is 0 Å². The first-order valence-corrected chi connectivity index (χ1v) is 5.67. The fourth-order valence-corrected chi connectivity index (χ4v) is 1.76. The summed E-state index contributed by atoms with van der Waals surface area (Å²) in [6, 6.07) is 6.83. The van der Waals surface area contributed by atoms with Gasteiger partial charge in [0.2, 0.25) is 0 Å². The Morgan fingerprint density at radius 3 is 2.76 bits per heavy atom. The van der Waals surface area contributed by atoms with E-state index >= 15 is 0 Å². The number of hydrogen-bond donors (Lipinski definition) is 1. The van der Waals surface area contributed by atoms with Gasteiger partial charge in [0, 0.05) is 17.9 Å². The Morgan fingerprint density at radius 2 is 2.06 bits per heavy atom. The number of hydrogen-bond acceptors (Lipinski definition) is 4. The molecule has 0 amide bonds. The van der Waals surface area contributed by atoms with Crippen molar-refractivity contribution in [2.45, 2.75) is 19.3 Å². The number of azo groups is 1. The largest absolute Gasteiger partial charge is 0.510 e. The zero-order chi connectivity index (χ0) is 12.3. The molecule has 0 saturated carbocycles. The molecular weight excluding hydrogens is 240 g/mol. The van der Waals surface area contributed by atoms with Gasteiger partial charge in [-0.05, 0) is 24.6 Å². The summed E-state index contributed by atoms with van der Waals surface area (Å²) in [6.07, 6.45) is 1.56. The quantitative estimate of drug-likeness (QED) is 0.808. The molecule has 0 radical (unpaired) electrons. The number of ketones is 1. The second-order valence-corrected chi connectivity index (χ2v) is 4.19. The Hall–Kier alpha value is -1.68. The maximum absolute atomic E-state index is 11.5. The number of allylic oxidation sites excluding steroid dienone is 2. The SMILES string of the molecule is O=C1CCCC(O)=C1N=Nc1cccc(Cl)c1. The van der Waals surface area contributed by atoms with Crippen LogP contribution in [0.2, 0.25) is 5.02 Å². The summed E-state index contributed by atoms with van der Waals surface area (Å²) in [6.45, 7) is 0. The third-order valence-corrected chi connectivity index (χ3v) is 2.66. The van der Waals surface area contributed by atoms with E-state index in [0.29, 0.717) is 30.0 Å². The van der Waals surface area contributed by atoms with Crippen LogP contribution in [-0.2, 0) is 4.79 Å². The molecule has 5 heteroatoms. The number of rotatable bonds is 2. The number of carbonyl (C=O) groups is 1. The van der Waals surface area contributed by atoms with Crippen LogP contribution in [0, 0.1) is 0 Å². The van der Waals surface area contributed by atoms with Crippen molar-refractivity contribution in [3.05, 3.63) is 40.7 Å². The molecule has 0 saturated heterocycles. The van der Waals surface area contributed by atoms with E-state index in [2.05, 4.69) is 10.2 Å². The summed E-state index contributed by atoms with van der Waals surface area (Å²) < 4.78 is 0. The summed E-state index contributed by atoms with van der Waals surface area (Å²) >= 11 is 5.79. The molecule has 1 aliphatic carbocycles. The first kappa shape index (κ1) is 11.8. The number of nitrogens with zero attached hydrogens (tertiary/aromatic N) is 2. The lowest BCUT2D eigenvalue weighted by Gasteiger charge is -2.09. The molecule has 0 unspecified atom stereocenters. The van der Waals surface area contributed by atoms with Crippen molar-refractivity contribution in [1.82, 2.24) is 0 Å². The molecular formula is C12H11ClN2O2. The van der Waals surface area contributed by atoms with Crippen LogP contribution < -0.4 is 0 Å². The molecule has 1 aromatic carbocycles. The van der Waals surface area contributed by atoms with E-state index in [-0.39, 0.29) is 17.2 Å². The van der Waals surface area contributed by atoms with Crippen molar-refractivity contribution in [2.24, 2.45) is 10.2 Å². The standard InChI is InChI=1S/C12H11ClN2O2/c13-8-3-1-4-9(7-8)14-15-12-10(16)5-2-6-11(12)17/h1,3-4,7,16H,2,5-6H2. The van der Waals surface area contributed by atoms with Gasteiger partial charge in [0.1, 0.15) is 5.76 Å². The predicted molar refractivity (Wildman–Crippen MR) is 64.5 cm³/mol. The number of benzene rings is 1. The minimum Gasteiger partial charge on any atom is -0.510 e. The number of aliphatic hydroxyl groups is 1. The average molecular weight is 251 g/mol. The summed E-state index contributed by atoms with van der Waals surface area (Å²) in [7, 11) is 0. The van der Waals surface area contributed by atoms with Gasteiger partial charge >= 0.3 is 0 Å². The van der Waals surface area contributed by atoms with Crippen LogP contribution in [0.25, 0.3) is 0 Å². The van der Waals surface area contributed by atoms with E-state index in [1.54, 1.807) is 24.3 Å². The highest BCUT2D eigenvalue weighted by atomic mass is 35.5. The van der Waals surface area contributed by atoms with E-state index in [0.717, 1.165) is 0 Å². The molecule has 17 heavy (non-hydrogen) atoms. The Labute approximate surface area is 104 Å². The van der Waals surface area contributed by atoms with Crippen molar-refractivity contribution in [3.8, 4) is 0 Å². The fourth-order valence-electron chi connectivity index (χ4n) is 1.57. The van der Waals surface area contributed by atoms with Crippen LogP contribution >= 0.6 is 11.6 Å². The molecule has 1 N–H and O–H groups in total. The average Bonchev–Trinajstić information content (AvgIpc) is 2.28. The number of halogens is 1. The van der Waals surface area contributed by atoms with Gasteiger partial charge < -0.3 is 5.11 Å². The Kier molecular flexibility index (Phi) is 3.54. The first-order chi connectivity index (χ1) is 8.16. The molecule has 4 nitrogen and oxygen atoms in total. The van der Waals surface area contributed by atoms with Crippen LogP contribution in [0.1, 0.15) is 19.3 Å².